The van der Waals surface area contributed by atoms with Crippen molar-refractivity contribution in [1.29, 1.82) is 0 Å². The second kappa shape index (κ2) is 4.89. The largest absolute Gasteiger partial charge is 0.474 e. The molecule has 7 nitrogen and oxygen atoms in total. The maximum Gasteiger partial charge on any atom is 0.406 e. The molecule has 0 atom stereocenters. The molecule has 7 heteroatoms. The number of nitrogens with zero attached hydrogens (tertiary/aromatic N) is 2. The minimum Gasteiger partial charge on any atom is -0.474 e. The third-order valence-corrected chi connectivity index (χ3v) is 1.50. The van der Waals surface area contributed by atoms with E-state index in [9.17, 15) is 14.9 Å². The Kier molecular flexibility index (Phi) is 3.55. The fraction of sp³-hybridized carbons (Fsp3) is 0.250. The Morgan fingerprint density at radius 3 is 3.00 bits per heavy atom. The molecule has 0 aliphatic rings. The Bertz CT molecular complexity index is 379. The second-order valence-electron chi connectivity index (χ2n) is 2.45. The van der Waals surface area contributed by atoms with Gasteiger partial charge in [-0.05, 0) is 22.0 Å². The first-order valence-corrected chi connectivity index (χ1v) is 3.94. The van der Waals surface area contributed by atoms with Gasteiger partial charge in [0.15, 0.2) is 6.61 Å². The molecule has 0 aromatic carbocycles. The third kappa shape index (κ3) is 2.90. The van der Waals surface area contributed by atoms with Crippen molar-refractivity contribution in [2.24, 2.45) is 0 Å². The number of hydrogen-bond acceptors (Lipinski definition) is 6. The summed E-state index contributed by atoms with van der Waals surface area (Å²) >= 11 is 0. The van der Waals surface area contributed by atoms with E-state index < -0.39 is 16.7 Å². The van der Waals surface area contributed by atoms with Crippen molar-refractivity contribution in [1.82, 2.24) is 4.98 Å². The molecule has 0 N–H and O–H groups in total. The number of carbonyl (C=O) groups excluding carboxylic acids is 1. The summed E-state index contributed by atoms with van der Waals surface area (Å²) < 4.78 is 9.19. The normalized spacial score (nSPS) is 9.40. The average molecular weight is 212 g/mol. The number of aromatic nitrogens is 1. The van der Waals surface area contributed by atoms with Crippen LogP contribution in [0.4, 0.5) is 5.82 Å². The van der Waals surface area contributed by atoms with Crippen LogP contribution < -0.4 is 4.74 Å². The van der Waals surface area contributed by atoms with Crippen LogP contribution in [0.15, 0.2) is 18.3 Å². The van der Waals surface area contributed by atoms with Crippen LogP contribution in [0.3, 0.4) is 0 Å². The maximum atomic E-state index is 10.7. The first kappa shape index (κ1) is 10.9. The Balaban J connectivity index is 2.76. The van der Waals surface area contributed by atoms with Crippen LogP contribution in [0.1, 0.15) is 0 Å². The lowest BCUT2D eigenvalue weighted by Gasteiger charge is -2.03. The molecule has 1 heterocycles. The van der Waals surface area contributed by atoms with Crippen LogP contribution in [-0.4, -0.2) is 29.6 Å². The van der Waals surface area contributed by atoms with Gasteiger partial charge in [0.2, 0.25) is 5.75 Å². The van der Waals surface area contributed by atoms with Crippen molar-refractivity contribution in [3.05, 3.63) is 28.4 Å². The summed E-state index contributed by atoms with van der Waals surface area (Å²) in [5.41, 5.74) is 0. The van der Waals surface area contributed by atoms with E-state index in [2.05, 4.69) is 9.72 Å². The highest BCUT2D eigenvalue weighted by molar-refractivity contribution is 5.71. The van der Waals surface area contributed by atoms with Gasteiger partial charge in [-0.25, -0.2) is 4.79 Å². The van der Waals surface area contributed by atoms with Crippen LogP contribution in [0.5, 0.6) is 5.75 Å². The van der Waals surface area contributed by atoms with Crippen LogP contribution in [0.25, 0.3) is 0 Å². The Morgan fingerprint density at radius 2 is 2.40 bits per heavy atom. The van der Waals surface area contributed by atoms with E-state index in [0.717, 1.165) is 0 Å². The SMILES string of the molecule is COC(=O)COc1cccnc1[N+](=O)[O-]. The number of pyridine rings is 1. The van der Waals surface area contributed by atoms with Crippen molar-refractivity contribution in [2.75, 3.05) is 13.7 Å². The van der Waals surface area contributed by atoms with Crippen LogP contribution >= 0.6 is 0 Å². The van der Waals surface area contributed by atoms with Gasteiger partial charge in [0.1, 0.15) is 6.20 Å². The number of ether oxygens (including phenoxy) is 2. The van der Waals surface area contributed by atoms with Crippen molar-refractivity contribution < 1.29 is 19.2 Å². The Hall–Kier alpha value is -2.18. The minimum atomic E-state index is -0.688. The highest BCUT2D eigenvalue weighted by Gasteiger charge is 2.16. The molecule has 0 aliphatic heterocycles. The first-order valence-electron chi connectivity index (χ1n) is 3.94. The van der Waals surface area contributed by atoms with E-state index in [1.165, 1.54) is 25.4 Å². The van der Waals surface area contributed by atoms with E-state index in [1.807, 2.05) is 0 Å². The molecule has 80 valence electrons. The van der Waals surface area contributed by atoms with Gasteiger partial charge in [-0.2, -0.15) is 0 Å². The van der Waals surface area contributed by atoms with E-state index in [4.69, 9.17) is 4.74 Å². The summed E-state index contributed by atoms with van der Waals surface area (Å²) in [5.74, 6) is -1.11. The number of methoxy groups -OCH3 is 1. The molecule has 0 spiro atoms. The standard InChI is InChI=1S/C8H8N2O5/c1-14-7(11)5-15-6-3-2-4-9-8(6)10(12)13/h2-4H,5H2,1H3. The minimum absolute atomic E-state index is 0.0621. The number of esters is 1. The number of rotatable bonds is 4. The van der Waals surface area contributed by atoms with E-state index >= 15 is 0 Å². The molecule has 1 aromatic rings. The summed E-state index contributed by atoms with van der Waals surface area (Å²) in [6.45, 7) is -0.386. The molecule has 1 aromatic heterocycles. The van der Waals surface area contributed by atoms with Crippen LogP contribution in [0, 0.1) is 10.1 Å². The molecule has 0 amide bonds. The van der Waals surface area contributed by atoms with Crippen molar-refractivity contribution >= 4 is 11.8 Å². The highest BCUT2D eigenvalue weighted by atomic mass is 16.6. The molecule has 0 bridgehead atoms. The fourth-order valence-electron chi connectivity index (χ4n) is 0.828. The quantitative estimate of drug-likeness (QED) is 0.411. The topological polar surface area (TPSA) is 91.6 Å². The van der Waals surface area contributed by atoms with Gasteiger partial charge in [0, 0.05) is 0 Å². The molecule has 15 heavy (non-hydrogen) atoms. The Morgan fingerprint density at radius 1 is 1.67 bits per heavy atom. The molecular formula is C8H8N2O5. The molecule has 0 saturated heterocycles. The van der Waals surface area contributed by atoms with Crippen molar-refractivity contribution in [2.45, 2.75) is 0 Å². The smallest absolute Gasteiger partial charge is 0.406 e. The van der Waals surface area contributed by atoms with Gasteiger partial charge in [-0.1, -0.05) is 0 Å². The molecule has 0 fully saturated rings. The van der Waals surface area contributed by atoms with Crippen molar-refractivity contribution in [3.63, 3.8) is 0 Å². The molecule has 0 unspecified atom stereocenters. The summed E-state index contributed by atoms with van der Waals surface area (Å²) in [5, 5.41) is 10.5. The lowest BCUT2D eigenvalue weighted by Crippen LogP contribution is -2.13. The molecule has 1 rings (SSSR count). The average Bonchev–Trinajstić information content (AvgIpc) is 2.26. The summed E-state index contributed by atoms with van der Waals surface area (Å²) in [6.07, 6.45) is 1.27. The summed E-state index contributed by atoms with van der Waals surface area (Å²) in [7, 11) is 1.20. The zero-order valence-electron chi connectivity index (χ0n) is 7.87. The monoisotopic (exact) mass is 212 g/mol. The fourth-order valence-corrected chi connectivity index (χ4v) is 0.828. The lowest BCUT2D eigenvalue weighted by molar-refractivity contribution is -0.390. The molecule has 0 saturated carbocycles. The summed E-state index contributed by atoms with van der Waals surface area (Å²) in [4.78, 5) is 24.0. The molecule has 0 radical (unpaired) electrons. The van der Waals surface area contributed by atoms with Crippen molar-refractivity contribution in [3.8, 4) is 5.75 Å². The zero-order chi connectivity index (χ0) is 11.3. The Labute approximate surface area is 84.8 Å². The highest BCUT2D eigenvalue weighted by Crippen LogP contribution is 2.22. The van der Waals surface area contributed by atoms with Gasteiger partial charge in [-0.3, -0.25) is 0 Å². The number of hydrogen-bond donors (Lipinski definition) is 0. The number of carbonyl (C=O) groups is 1. The zero-order valence-corrected chi connectivity index (χ0v) is 7.87. The molecular weight excluding hydrogens is 204 g/mol. The van der Waals surface area contributed by atoms with Crippen LogP contribution in [0.2, 0.25) is 0 Å². The second-order valence-corrected chi connectivity index (χ2v) is 2.45. The van der Waals surface area contributed by atoms with Gasteiger partial charge in [-0.15, -0.1) is 0 Å². The maximum absolute atomic E-state index is 10.7. The third-order valence-electron chi connectivity index (χ3n) is 1.50. The summed E-state index contributed by atoms with van der Waals surface area (Å²) in [6, 6.07) is 2.83. The number of nitro groups is 1. The molecule has 0 aliphatic carbocycles. The van der Waals surface area contributed by atoms with E-state index in [-0.39, 0.29) is 12.4 Å². The van der Waals surface area contributed by atoms with E-state index in [0.29, 0.717) is 0 Å². The van der Waals surface area contributed by atoms with Gasteiger partial charge in [0.05, 0.1) is 7.11 Å². The predicted molar refractivity (Wildman–Crippen MR) is 48.4 cm³/mol. The van der Waals surface area contributed by atoms with Gasteiger partial charge >= 0.3 is 11.8 Å². The first-order chi connectivity index (χ1) is 7.15. The van der Waals surface area contributed by atoms with Crippen LogP contribution in [-0.2, 0) is 9.53 Å². The van der Waals surface area contributed by atoms with Gasteiger partial charge < -0.3 is 19.6 Å². The van der Waals surface area contributed by atoms with Gasteiger partial charge in [0.25, 0.3) is 0 Å². The lowest BCUT2D eigenvalue weighted by atomic mass is 10.4. The van der Waals surface area contributed by atoms with E-state index in [1.54, 1.807) is 0 Å². The predicted octanol–water partition coefficient (Wildman–Crippen LogP) is 0.542.